The van der Waals surface area contributed by atoms with Gasteiger partial charge in [-0.2, -0.15) is 4.39 Å². The fourth-order valence-electron chi connectivity index (χ4n) is 3.63. The number of hydrogen-bond donors (Lipinski definition) is 1. The van der Waals surface area contributed by atoms with E-state index in [-0.39, 0.29) is 28.8 Å². The van der Waals surface area contributed by atoms with Gasteiger partial charge in [-0.25, -0.2) is 0 Å². The maximum atomic E-state index is 14.7. The predicted octanol–water partition coefficient (Wildman–Crippen LogP) is 5.62. The molecule has 0 bridgehead atoms. The minimum atomic E-state index is -1.97. The van der Waals surface area contributed by atoms with Crippen molar-refractivity contribution in [3.8, 4) is 11.3 Å². The normalized spacial score (nSPS) is 19.5. The van der Waals surface area contributed by atoms with E-state index >= 15 is 0 Å². The van der Waals surface area contributed by atoms with Gasteiger partial charge in [-0.15, -0.1) is 10.2 Å². The molecule has 0 unspecified atom stereocenters. The molecular formula is C24H31FN4O4Si. The first-order valence-corrected chi connectivity index (χ1v) is 14.4. The van der Waals surface area contributed by atoms with Crippen LogP contribution in [0.25, 0.3) is 11.3 Å². The molecule has 0 spiro atoms. The Morgan fingerprint density at radius 3 is 2.53 bits per heavy atom. The van der Waals surface area contributed by atoms with Gasteiger partial charge in [0, 0.05) is 17.5 Å². The third-order valence-electron chi connectivity index (χ3n) is 6.79. The Balaban J connectivity index is 1.32. The van der Waals surface area contributed by atoms with Gasteiger partial charge in [0.2, 0.25) is 17.6 Å². The molecule has 0 aliphatic heterocycles. The van der Waals surface area contributed by atoms with E-state index < -0.39 is 25.8 Å². The number of halogens is 1. The van der Waals surface area contributed by atoms with E-state index in [0.29, 0.717) is 30.2 Å². The van der Waals surface area contributed by atoms with Crippen LogP contribution < -0.4 is 5.32 Å². The van der Waals surface area contributed by atoms with E-state index in [1.165, 1.54) is 0 Å². The van der Waals surface area contributed by atoms with Crippen LogP contribution in [0.15, 0.2) is 39.3 Å². The number of amides is 1. The summed E-state index contributed by atoms with van der Waals surface area (Å²) in [5.74, 6) is -0.784. The molecular weight excluding hydrogens is 455 g/mol. The van der Waals surface area contributed by atoms with Crippen molar-refractivity contribution in [3.63, 3.8) is 0 Å². The van der Waals surface area contributed by atoms with Crippen LogP contribution in [0.1, 0.15) is 74.9 Å². The molecule has 3 aromatic rings. The molecule has 0 saturated heterocycles. The van der Waals surface area contributed by atoms with Crippen molar-refractivity contribution in [1.29, 1.82) is 0 Å². The van der Waals surface area contributed by atoms with E-state index in [1.807, 2.05) is 13.0 Å². The summed E-state index contributed by atoms with van der Waals surface area (Å²) < 4.78 is 31.9. The fraction of sp³-hybridized carbons (Fsp3) is 0.500. The Bertz CT molecular complexity index is 1150. The van der Waals surface area contributed by atoms with Crippen LogP contribution in [0, 0.1) is 5.82 Å². The van der Waals surface area contributed by atoms with Gasteiger partial charge in [0.1, 0.15) is 6.10 Å². The van der Waals surface area contributed by atoms with E-state index in [2.05, 4.69) is 54.5 Å². The number of carbonyl (C=O) groups is 1. The van der Waals surface area contributed by atoms with Crippen molar-refractivity contribution in [3.05, 3.63) is 53.7 Å². The van der Waals surface area contributed by atoms with Crippen molar-refractivity contribution in [2.24, 2.45) is 0 Å². The van der Waals surface area contributed by atoms with Gasteiger partial charge in [-0.05, 0) is 37.9 Å². The maximum Gasteiger partial charge on any atom is 0.293 e. The van der Waals surface area contributed by atoms with E-state index in [0.717, 1.165) is 0 Å². The second-order valence-electron chi connectivity index (χ2n) is 10.4. The van der Waals surface area contributed by atoms with E-state index in [9.17, 15) is 9.18 Å². The molecule has 1 aliphatic carbocycles. The number of benzene rings is 1. The predicted molar refractivity (Wildman–Crippen MR) is 126 cm³/mol. The largest absolute Gasteiger partial charge is 0.422 e. The molecule has 1 atom stereocenters. The Morgan fingerprint density at radius 2 is 1.88 bits per heavy atom. The molecule has 1 saturated carbocycles. The van der Waals surface area contributed by atoms with Gasteiger partial charge in [-0.1, -0.05) is 56.3 Å². The van der Waals surface area contributed by atoms with Crippen LogP contribution >= 0.6 is 0 Å². The Kier molecular flexibility index (Phi) is 6.47. The lowest BCUT2D eigenvalue weighted by Gasteiger charge is -2.37. The van der Waals surface area contributed by atoms with Gasteiger partial charge in [0.15, 0.2) is 14.0 Å². The summed E-state index contributed by atoms with van der Waals surface area (Å²) in [5, 5.41) is 15.0. The van der Waals surface area contributed by atoms with E-state index in [4.69, 9.17) is 13.4 Å². The smallest absolute Gasteiger partial charge is 0.293 e. The van der Waals surface area contributed by atoms with Crippen LogP contribution in [0.4, 0.5) is 4.39 Å². The average Bonchev–Trinajstić information content (AvgIpc) is 3.37. The Morgan fingerprint density at radius 1 is 1.21 bits per heavy atom. The molecule has 1 amide bonds. The molecule has 2 heterocycles. The van der Waals surface area contributed by atoms with Crippen molar-refractivity contribution in [2.75, 3.05) is 0 Å². The lowest BCUT2D eigenvalue weighted by Crippen LogP contribution is -2.43. The fourth-order valence-corrected chi connectivity index (χ4v) is 4.97. The first-order valence-electron chi connectivity index (χ1n) is 11.5. The summed E-state index contributed by atoms with van der Waals surface area (Å²) in [6, 6.07) is 8.61. The summed E-state index contributed by atoms with van der Waals surface area (Å²) in [6.07, 6.45) is 0.948. The monoisotopic (exact) mass is 486 g/mol. The molecule has 0 radical (unpaired) electrons. The molecule has 1 N–H and O–H groups in total. The SMILES string of the molecule is C[C@@H](O[Si](C)(C)C(C)(C)C)c1nnc([C@H]2C[C@H](NC(=O)c3onc(-c4ccccc4)c3F)C2)o1. The summed E-state index contributed by atoms with van der Waals surface area (Å²) in [6.45, 7) is 12.8. The van der Waals surface area contributed by atoms with Crippen LogP contribution in [0.2, 0.25) is 18.1 Å². The standard InChI is InChI=1S/C24H31FN4O4Si/c1-14(33-34(5,6)24(2,3)4)22-27-28-23(31-22)16-12-17(13-16)26-21(30)20-18(25)19(29-32-20)15-10-8-7-9-11-15/h7-11,14,16-17H,12-13H2,1-6H3,(H,26,30)/t14-,16-,17-/m1/s1. The lowest BCUT2D eigenvalue weighted by molar-refractivity contribution is 0.0858. The first-order chi connectivity index (χ1) is 16.0. The molecule has 34 heavy (non-hydrogen) atoms. The zero-order valence-corrected chi connectivity index (χ0v) is 21.4. The van der Waals surface area contributed by atoms with Gasteiger partial charge >= 0.3 is 0 Å². The quantitative estimate of drug-likeness (QED) is 0.432. The van der Waals surface area contributed by atoms with Crippen LogP contribution in [-0.2, 0) is 4.43 Å². The zero-order valence-electron chi connectivity index (χ0n) is 20.4. The molecule has 1 aromatic carbocycles. The van der Waals surface area contributed by atoms with Crippen LogP contribution in [0.5, 0.6) is 0 Å². The van der Waals surface area contributed by atoms with Crippen LogP contribution in [0.3, 0.4) is 0 Å². The highest BCUT2D eigenvalue weighted by Crippen LogP contribution is 2.41. The molecule has 2 aromatic heterocycles. The third-order valence-corrected chi connectivity index (χ3v) is 11.3. The highest BCUT2D eigenvalue weighted by atomic mass is 28.4. The number of nitrogens with zero attached hydrogens (tertiary/aromatic N) is 3. The summed E-state index contributed by atoms with van der Waals surface area (Å²) in [5.41, 5.74) is 0.565. The minimum Gasteiger partial charge on any atom is -0.422 e. The Labute approximate surface area is 199 Å². The highest BCUT2D eigenvalue weighted by Gasteiger charge is 2.40. The van der Waals surface area contributed by atoms with Gasteiger partial charge < -0.3 is 18.7 Å². The van der Waals surface area contributed by atoms with Gasteiger partial charge in [-0.3, -0.25) is 4.79 Å². The number of nitrogens with one attached hydrogen (secondary N) is 1. The molecule has 8 nitrogen and oxygen atoms in total. The third kappa shape index (κ3) is 4.83. The lowest BCUT2D eigenvalue weighted by atomic mass is 9.80. The van der Waals surface area contributed by atoms with E-state index in [1.54, 1.807) is 24.3 Å². The van der Waals surface area contributed by atoms with Crippen molar-refractivity contribution >= 4 is 14.2 Å². The van der Waals surface area contributed by atoms with Crippen LogP contribution in [-0.4, -0.2) is 35.6 Å². The molecule has 10 heteroatoms. The second kappa shape index (κ2) is 9.07. The van der Waals surface area contributed by atoms with Crippen molar-refractivity contribution in [2.45, 2.75) is 76.7 Å². The first kappa shape index (κ1) is 24.3. The topological polar surface area (TPSA) is 103 Å². The van der Waals surface area contributed by atoms with Gasteiger partial charge in [0.05, 0.1) is 0 Å². The zero-order chi connectivity index (χ0) is 24.7. The van der Waals surface area contributed by atoms with Crippen molar-refractivity contribution in [1.82, 2.24) is 20.7 Å². The highest BCUT2D eigenvalue weighted by molar-refractivity contribution is 6.74. The average molecular weight is 487 g/mol. The van der Waals surface area contributed by atoms with Gasteiger partial charge in [0.25, 0.3) is 11.7 Å². The molecule has 1 fully saturated rings. The number of aromatic nitrogens is 3. The number of hydrogen-bond acceptors (Lipinski definition) is 7. The second-order valence-corrected chi connectivity index (χ2v) is 15.1. The Hall–Kier alpha value is -2.85. The molecule has 182 valence electrons. The molecule has 4 rings (SSSR count). The minimum absolute atomic E-state index is 0.0182. The maximum absolute atomic E-state index is 14.7. The summed E-state index contributed by atoms with van der Waals surface area (Å²) in [7, 11) is -1.97. The molecule has 1 aliphatic rings. The summed E-state index contributed by atoms with van der Waals surface area (Å²) in [4.78, 5) is 12.5. The number of rotatable bonds is 7. The van der Waals surface area contributed by atoms with Crippen molar-refractivity contribution < 1.29 is 22.6 Å². The number of carbonyl (C=O) groups excluding carboxylic acids is 1. The summed E-state index contributed by atoms with van der Waals surface area (Å²) >= 11 is 0.